The smallest absolute Gasteiger partial charge is 0.412 e. The summed E-state index contributed by atoms with van der Waals surface area (Å²) in [5.74, 6) is -2.58. The van der Waals surface area contributed by atoms with Gasteiger partial charge in [-0.05, 0) is 82.3 Å². The van der Waals surface area contributed by atoms with Gasteiger partial charge in [-0.15, -0.1) is 11.8 Å². The molecule has 0 aliphatic carbocycles. The lowest BCUT2D eigenvalue weighted by molar-refractivity contribution is -0.139. The molecule has 3 atom stereocenters. The molecule has 3 unspecified atom stereocenters. The normalized spacial score (nSPS) is 13.0. The number of rotatable bonds is 18. The highest BCUT2D eigenvalue weighted by molar-refractivity contribution is 8.00. The van der Waals surface area contributed by atoms with Gasteiger partial charge in [0.25, 0.3) is 0 Å². The van der Waals surface area contributed by atoms with Crippen LogP contribution in [0.4, 0.5) is 14.4 Å². The van der Waals surface area contributed by atoms with Crippen LogP contribution in [0.15, 0.2) is 115 Å². The van der Waals surface area contributed by atoms with Gasteiger partial charge >= 0.3 is 24.2 Å². The first-order valence-electron chi connectivity index (χ1n) is 20.3. The monoisotopic (exact) mass is 883 g/mol. The van der Waals surface area contributed by atoms with Gasteiger partial charge in [-0.25, -0.2) is 19.2 Å². The van der Waals surface area contributed by atoms with E-state index >= 15 is 0 Å². The minimum Gasteiger partial charge on any atom is -0.480 e. The second-order valence-electron chi connectivity index (χ2n) is 16.7. The number of thioether (sulfide) groups is 1. The summed E-state index contributed by atoms with van der Waals surface area (Å²) in [6, 6.07) is 31.8. The highest BCUT2D eigenvalue weighted by atomic mass is 32.2. The number of alkyl carbamates (subject to hydrolysis) is 1. The third-order valence-corrected chi connectivity index (χ3v) is 11.0. The number of benzene rings is 4. The zero-order valence-electron chi connectivity index (χ0n) is 36.6. The molecule has 4 aromatic carbocycles. The van der Waals surface area contributed by atoms with Crippen LogP contribution in [0.25, 0.3) is 0 Å². The average Bonchev–Trinajstić information content (AvgIpc) is 3.22. The van der Waals surface area contributed by atoms with Crippen molar-refractivity contribution in [1.82, 2.24) is 20.9 Å². The minimum absolute atomic E-state index is 0.0449. The standard InChI is InChI=1S/C47H57N5O10S/c1-45(2,3)61-43(58)51-36(41(55)56)29-31-23-25-35(26-24-31)60-42(57)49-28-27-38(52(7)44(59)62-46(4,5)6)40(54)50-37(39(48)53)30-63-47(32-17-11-8-12-18-32,33-19-13-9-14-20-33)34-21-15-10-16-22-34/h8-26,36-38H,27-30H2,1-7H3,(H2,48,53)(H,49,57)(H,50,54)(H,51,58)(H,55,56). The maximum Gasteiger partial charge on any atom is 0.412 e. The number of carboxylic acid groups (broad SMARTS) is 1. The molecule has 0 spiro atoms. The Kier molecular flexibility index (Phi) is 17.1. The number of hydrogen-bond donors (Lipinski definition) is 5. The van der Waals surface area contributed by atoms with Gasteiger partial charge in [-0.2, -0.15) is 0 Å². The molecule has 63 heavy (non-hydrogen) atoms. The Morgan fingerprint density at radius 3 is 1.62 bits per heavy atom. The quantitative estimate of drug-likeness (QED) is 0.0670. The number of ether oxygens (including phenoxy) is 3. The highest BCUT2D eigenvalue weighted by Crippen LogP contribution is 2.48. The summed E-state index contributed by atoms with van der Waals surface area (Å²) >= 11 is 1.43. The van der Waals surface area contributed by atoms with Crippen molar-refractivity contribution in [1.29, 1.82) is 0 Å². The Morgan fingerprint density at radius 2 is 1.17 bits per heavy atom. The number of amides is 5. The molecular formula is C47H57N5O10S. The van der Waals surface area contributed by atoms with Crippen LogP contribution in [0.5, 0.6) is 5.75 Å². The second kappa shape index (κ2) is 22.0. The number of aliphatic carboxylic acids is 1. The summed E-state index contributed by atoms with van der Waals surface area (Å²) in [7, 11) is 1.38. The SMILES string of the molecule is CN(C(=O)OC(C)(C)C)C(CCNC(=O)Oc1ccc(CC(NC(=O)OC(C)(C)C)C(=O)O)cc1)C(=O)NC(CSC(c1ccccc1)(c1ccccc1)c1ccccc1)C(N)=O. The largest absolute Gasteiger partial charge is 0.480 e. The van der Waals surface area contributed by atoms with Crippen molar-refractivity contribution >= 4 is 47.8 Å². The summed E-state index contributed by atoms with van der Waals surface area (Å²) < 4.78 is 15.3. The number of primary amides is 1. The van der Waals surface area contributed by atoms with Crippen LogP contribution in [0.1, 0.15) is 70.2 Å². The van der Waals surface area contributed by atoms with Gasteiger partial charge in [0.2, 0.25) is 11.8 Å². The summed E-state index contributed by atoms with van der Waals surface area (Å²) in [6.45, 7) is 9.88. The number of likely N-dealkylation sites (N-methyl/N-ethyl adjacent to an activating group) is 1. The molecule has 15 nitrogen and oxygen atoms in total. The van der Waals surface area contributed by atoms with E-state index in [0.29, 0.717) is 5.56 Å². The lowest BCUT2D eigenvalue weighted by atomic mass is 9.84. The first-order valence-corrected chi connectivity index (χ1v) is 21.3. The fourth-order valence-electron chi connectivity index (χ4n) is 6.43. The predicted octanol–water partition coefficient (Wildman–Crippen LogP) is 6.62. The highest BCUT2D eigenvalue weighted by Gasteiger charge is 2.39. The number of nitrogens with one attached hydrogen (secondary N) is 3. The van der Waals surface area contributed by atoms with E-state index in [0.717, 1.165) is 21.6 Å². The van der Waals surface area contributed by atoms with E-state index < -0.39 is 70.1 Å². The predicted molar refractivity (Wildman–Crippen MR) is 240 cm³/mol. The average molecular weight is 884 g/mol. The molecule has 0 radical (unpaired) electrons. The molecule has 16 heteroatoms. The van der Waals surface area contributed by atoms with Gasteiger partial charge < -0.3 is 41.0 Å². The molecule has 5 amide bonds. The number of carbonyl (C=O) groups excluding carboxylic acids is 5. The minimum atomic E-state index is -1.28. The molecule has 0 fully saturated rings. The topological polar surface area (TPSA) is 216 Å². The molecule has 6 N–H and O–H groups in total. The lowest BCUT2D eigenvalue weighted by Gasteiger charge is -2.36. The Hall–Kier alpha value is -6.55. The molecule has 0 bridgehead atoms. The first kappa shape index (κ1) is 49.1. The Balaban J connectivity index is 1.48. The van der Waals surface area contributed by atoms with Gasteiger partial charge in [0.15, 0.2) is 0 Å². The van der Waals surface area contributed by atoms with Crippen LogP contribution in [0, 0.1) is 0 Å². The van der Waals surface area contributed by atoms with Crippen LogP contribution < -0.4 is 26.4 Å². The van der Waals surface area contributed by atoms with E-state index in [9.17, 15) is 33.9 Å². The van der Waals surface area contributed by atoms with Gasteiger partial charge in [0, 0.05) is 25.8 Å². The third-order valence-electron chi connectivity index (χ3n) is 9.37. The lowest BCUT2D eigenvalue weighted by Crippen LogP contribution is -2.55. The molecule has 4 aromatic rings. The Bertz CT molecular complexity index is 2070. The van der Waals surface area contributed by atoms with Gasteiger partial charge in [-0.1, -0.05) is 103 Å². The number of carboxylic acids is 1. The zero-order valence-corrected chi connectivity index (χ0v) is 37.4. The first-order chi connectivity index (χ1) is 29.7. The number of nitrogens with two attached hydrogens (primary N) is 1. The van der Waals surface area contributed by atoms with E-state index in [-0.39, 0.29) is 30.9 Å². The molecule has 0 aliphatic heterocycles. The summed E-state index contributed by atoms with van der Waals surface area (Å²) in [5, 5.41) is 17.3. The van der Waals surface area contributed by atoms with Crippen LogP contribution in [0.3, 0.4) is 0 Å². The molecule has 0 saturated heterocycles. The van der Waals surface area contributed by atoms with Crippen LogP contribution in [0.2, 0.25) is 0 Å². The summed E-state index contributed by atoms with van der Waals surface area (Å²) in [5.41, 5.74) is 7.60. The van der Waals surface area contributed by atoms with E-state index in [4.69, 9.17) is 19.9 Å². The van der Waals surface area contributed by atoms with Crippen molar-refractivity contribution in [2.45, 2.75) is 88.5 Å². The summed E-state index contributed by atoms with van der Waals surface area (Å²) in [6.07, 6.45) is -2.74. The van der Waals surface area contributed by atoms with Crippen LogP contribution in [-0.2, 0) is 35.0 Å². The van der Waals surface area contributed by atoms with E-state index in [1.807, 2.05) is 91.0 Å². The van der Waals surface area contributed by atoms with Crippen LogP contribution in [-0.4, -0.2) is 94.7 Å². The van der Waals surface area contributed by atoms with Gasteiger partial charge in [0.05, 0.1) is 4.75 Å². The van der Waals surface area contributed by atoms with Crippen molar-refractivity contribution in [3.63, 3.8) is 0 Å². The van der Waals surface area contributed by atoms with Crippen molar-refractivity contribution in [3.8, 4) is 5.75 Å². The number of nitrogens with zero attached hydrogens (tertiary/aromatic N) is 1. The van der Waals surface area contributed by atoms with Crippen molar-refractivity contribution < 1.29 is 48.1 Å². The fourth-order valence-corrected chi connectivity index (χ4v) is 8.01. The van der Waals surface area contributed by atoms with Crippen molar-refractivity contribution in [2.75, 3.05) is 19.3 Å². The van der Waals surface area contributed by atoms with Crippen molar-refractivity contribution in [3.05, 3.63) is 138 Å². The van der Waals surface area contributed by atoms with Gasteiger partial charge in [0.1, 0.15) is 35.1 Å². The van der Waals surface area contributed by atoms with Crippen molar-refractivity contribution in [2.24, 2.45) is 5.73 Å². The maximum atomic E-state index is 14.2. The molecule has 336 valence electrons. The zero-order chi connectivity index (χ0) is 46.4. The van der Waals surface area contributed by atoms with E-state index in [1.165, 1.54) is 30.9 Å². The molecule has 0 aliphatic rings. The van der Waals surface area contributed by atoms with Crippen LogP contribution >= 0.6 is 11.8 Å². The van der Waals surface area contributed by atoms with E-state index in [1.54, 1.807) is 53.7 Å². The van der Waals surface area contributed by atoms with Gasteiger partial charge in [-0.3, -0.25) is 14.5 Å². The Morgan fingerprint density at radius 1 is 0.683 bits per heavy atom. The number of hydrogen-bond acceptors (Lipinski definition) is 10. The van der Waals surface area contributed by atoms with E-state index in [2.05, 4.69) is 16.0 Å². The molecular weight excluding hydrogens is 827 g/mol. The fraction of sp³-hybridized carbons (Fsp3) is 0.362. The Labute approximate surface area is 372 Å². The molecule has 4 rings (SSSR count). The molecule has 0 heterocycles. The third kappa shape index (κ3) is 14.8. The maximum absolute atomic E-state index is 14.2. The molecule has 0 aromatic heterocycles. The summed E-state index contributed by atoms with van der Waals surface area (Å²) in [4.78, 5) is 78.5. The number of carbonyl (C=O) groups is 6. The second-order valence-corrected chi connectivity index (χ2v) is 17.9. The molecule has 0 saturated carbocycles.